The zero-order valence-corrected chi connectivity index (χ0v) is 11.2. The van der Waals surface area contributed by atoms with Crippen molar-refractivity contribution in [3.63, 3.8) is 0 Å². The molecule has 18 heavy (non-hydrogen) atoms. The molecule has 0 aromatic heterocycles. The zero-order valence-electron chi connectivity index (χ0n) is 10.4. The van der Waals surface area contributed by atoms with Crippen LogP contribution in [0.3, 0.4) is 0 Å². The first-order valence-corrected chi connectivity index (χ1v) is 6.35. The quantitative estimate of drug-likeness (QED) is 0.881. The summed E-state index contributed by atoms with van der Waals surface area (Å²) in [6.07, 6.45) is 0. The number of quaternary nitrogens is 1. The topological polar surface area (TPSA) is 25.8 Å². The van der Waals surface area contributed by atoms with Gasteiger partial charge >= 0.3 is 0 Å². The molecule has 2 rings (SSSR count). The summed E-state index contributed by atoms with van der Waals surface area (Å²) < 4.78 is 5.20. The van der Waals surface area contributed by atoms with E-state index in [1.54, 1.807) is 7.11 Å². The van der Waals surface area contributed by atoms with Gasteiger partial charge in [-0.1, -0.05) is 41.9 Å². The molecule has 0 saturated carbocycles. The maximum atomic E-state index is 6.11. The monoisotopic (exact) mass is 262 g/mol. The van der Waals surface area contributed by atoms with Crippen molar-refractivity contribution in [3.05, 3.63) is 64.7 Å². The standard InChI is InChI=1S/C15H16ClNO/c1-18-14-7-4-5-12(9-14)10-17-11-13-6-2-3-8-15(13)16/h2-9,17H,10-11H2,1H3/p+1. The molecule has 0 aliphatic heterocycles. The summed E-state index contributed by atoms with van der Waals surface area (Å²) in [4.78, 5) is 0. The lowest BCUT2D eigenvalue weighted by atomic mass is 10.2. The van der Waals surface area contributed by atoms with Gasteiger partial charge in [0.05, 0.1) is 7.11 Å². The lowest BCUT2D eigenvalue weighted by Crippen LogP contribution is -2.80. The Hall–Kier alpha value is -1.51. The second-order valence-corrected chi connectivity index (χ2v) is 4.55. The Labute approximate surface area is 113 Å². The Morgan fingerprint density at radius 1 is 1.06 bits per heavy atom. The molecule has 3 heteroatoms. The van der Waals surface area contributed by atoms with Crippen molar-refractivity contribution in [1.82, 2.24) is 0 Å². The fraction of sp³-hybridized carbons (Fsp3) is 0.200. The van der Waals surface area contributed by atoms with Crippen LogP contribution < -0.4 is 10.1 Å². The van der Waals surface area contributed by atoms with E-state index in [9.17, 15) is 0 Å². The van der Waals surface area contributed by atoms with Crippen molar-refractivity contribution < 1.29 is 10.1 Å². The van der Waals surface area contributed by atoms with Crippen molar-refractivity contribution >= 4 is 11.6 Å². The molecule has 2 aromatic carbocycles. The van der Waals surface area contributed by atoms with Crippen LogP contribution in [-0.4, -0.2) is 7.11 Å². The molecule has 0 radical (unpaired) electrons. The first-order valence-electron chi connectivity index (χ1n) is 5.97. The Balaban J connectivity index is 1.90. The number of rotatable bonds is 5. The Kier molecular flexibility index (Phi) is 4.62. The maximum Gasteiger partial charge on any atom is 0.119 e. The van der Waals surface area contributed by atoms with Crippen LogP contribution in [0.5, 0.6) is 5.75 Å². The number of benzene rings is 2. The predicted molar refractivity (Wildman–Crippen MR) is 73.8 cm³/mol. The van der Waals surface area contributed by atoms with Gasteiger partial charge in [0.15, 0.2) is 0 Å². The minimum atomic E-state index is 0.833. The van der Waals surface area contributed by atoms with E-state index < -0.39 is 0 Å². The minimum Gasteiger partial charge on any atom is -0.497 e. The molecule has 0 heterocycles. The third-order valence-electron chi connectivity index (χ3n) is 2.84. The molecule has 0 amide bonds. The third-order valence-corrected chi connectivity index (χ3v) is 3.21. The van der Waals surface area contributed by atoms with Crippen LogP contribution in [-0.2, 0) is 13.1 Å². The zero-order chi connectivity index (χ0) is 12.8. The first kappa shape index (κ1) is 12.9. The summed E-state index contributed by atoms with van der Waals surface area (Å²) >= 11 is 6.11. The van der Waals surface area contributed by atoms with Crippen LogP contribution in [0.15, 0.2) is 48.5 Å². The molecule has 2 nitrogen and oxygen atoms in total. The van der Waals surface area contributed by atoms with Crippen LogP contribution in [0.1, 0.15) is 11.1 Å². The highest BCUT2D eigenvalue weighted by molar-refractivity contribution is 6.31. The van der Waals surface area contributed by atoms with E-state index >= 15 is 0 Å². The second-order valence-electron chi connectivity index (χ2n) is 4.14. The lowest BCUT2D eigenvalue weighted by Gasteiger charge is -2.05. The molecule has 0 aliphatic rings. The van der Waals surface area contributed by atoms with Crippen LogP contribution in [0, 0.1) is 0 Å². The molecule has 2 aromatic rings. The predicted octanol–water partition coefficient (Wildman–Crippen LogP) is 2.61. The van der Waals surface area contributed by atoms with Crippen LogP contribution >= 0.6 is 11.6 Å². The molecule has 0 unspecified atom stereocenters. The number of nitrogens with two attached hydrogens (primary N) is 1. The Morgan fingerprint density at radius 3 is 2.67 bits per heavy atom. The highest BCUT2D eigenvalue weighted by Crippen LogP contribution is 2.14. The summed E-state index contributed by atoms with van der Waals surface area (Å²) in [6.45, 7) is 1.80. The van der Waals surface area contributed by atoms with Gasteiger partial charge in [-0.15, -0.1) is 0 Å². The minimum absolute atomic E-state index is 0.833. The molecule has 0 spiro atoms. The van der Waals surface area contributed by atoms with Gasteiger partial charge in [-0.05, 0) is 18.2 Å². The van der Waals surface area contributed by atoms with Crippen LogP contribution in [0.25, 0.3) is 0 Å². The van der Waals surface area contributed by atoms with Gasteiger partial charge in [-0.25, -0.2) is 0 Å². The molecule has 0 aliphatic carbocycles. The normalized spacial score (nSPS) is 10.3. The molecular weight excluding hydrogens is 246 g/mol. The third kappa shape index (κ3) is 3.49. The molecular formula is C15H17ClNO+. The largest absolute Gasteiger partial charge is 0.497 e. The fourth-order valence-electron chi connectivity index (χ4n) is 1.86. The average Bonchev–Trinajstić information content (AvgIpc) is 2.41. The van der Waals surface area contributed by atoms with E-state index in [2.05, 4.69) is 23.5 Å². The number of halogens is 1. The lowest BCUT2D eigenvalue weighted by molar-refractivity contribution is -0.686. The van der Waals surface area contributed by atoms with Crippen molar-refractivity contribution in [1.29, 1.82) is 0 Å². The SMILES string of the molecule is COc1cccc(C[NH2+]Cc2ccccc2Cl)c1. The van der Waals surface area contributed by atoms with Gasteiger partial charge in [-0.2, -0.15) is 0 Å². The summed E-state index contributed by atoms with van der Waals surface area (Å²) in [6, 6.07) is 16.1. The molecule has 0 saturated heterocycles. The fourth-order valence-corrected chi connectivity index (χ4v) is 2.07. The van der Waals surface area contributed by atoms with Crippen molar-refractivity contribution in [2.75, 3.05) is 7.11 Å². The highest BCUT2D eigenvalue weighted by atomic mass is 35.5. The number of ether oxygens (including phenoxy) is 1. The van der Waals surface area contributed by atoms with E-state index in [-0.39, 0.29) is 0 Å². The summed E-state index contributed by atoms with van der Waals surface area (Å²) in [5, 5.41) is 3.06. The highest BCUT2D eigenvalue weighted by Gasteiger charge is 2.02. The number of hydrogen-bond acceptors (Lipinski definition) is 1. The number of hydrogen-bond donors (Lipinski definition) is 1. The number of methoxy groups -OCH3 is 1. The van der Waals surface area contributed by atoms with Crippen molar-refractivity contribution in [2.24, 2.45) is 0 Å². The smallest absolute Gasteiger partial charge is 0.119 e. The van der Waals surface area contributed by atoms with E-state index in [4.69, 9.17) is 16.3 Å². The van der Waals surface area contributed by atoms with Gasteiger partial charge in [0.25, 0.3) is 0 Å². The van der Waals surface area contributed by atoms with Gasteiger partial charge in [0, 0.05) is 16.1 Å². The molecule has 94 valence electrons. The van der Waals surface area contributed by atoms with Gasteiger partial charge in [0.1, 0.15) is 18.8 Å². The molecule has 0 fully saturated rings. The van der Waals surface area contributed by atoms with E-state index in [1.807, 2.05) is 30.3 Å². The van der Waals surface area contributed by atoms with Crippen molar-refractivity contribution in [2.45, 2.75) is 13.1 Å². The second kappa shape index (κ2) is 6.43. The van der Waals surface area contributed by atoms with E-state index in [1.165, 1.54) is 11.1 Å². The molecule has 0 atom stereocenters. The van der Waals surface area contributed by atoms with Gasteiger partial charge in [-0.3, -0.25) is 0 Å². The molecule has 2 N–H and O–H groups in total. The Bertz CT molecular complexity index is 513. The Morgan fingerprint density at radius 2 is 1.89 bits per heavy atom. The van der Waals surface area contributed by atoms with Gasteiger partial charge in [0.2, 0.25) is 0 Å². The van der Waals surface area contributed by atoms with Gasteiger partial charge < -0.3 is 10.1 Å². The maximum absolute atomic E-state index is 6.11. The van der Waals surface area contributed by atoms with E-state index in [0.29, 0.717) is 0 Å². The van der Waals surface area contributed by atoms with Crippen LogP contribution in [0.2, 0.25) is 5.02 Å². The summed E-state index contributed by atoms with van der Waals surface area (Å²) in [5.41, 5.74) is 2.42. The molecule has 0 bridgehead atoms. The van der Waals surface area contributed by atoms with E-state index in [0.717, 1.165) is 23.9 Å². The van der Waals surface area contributed by atoms with Crippen molar-refractivity contribution in [3.8, 4) is 5.75 Å². The van der Waals surface area contributed by atoms with Crippen LogP contribution in [0.4, 0.5) is 0 Å². The summed E-state index contributed by atoms with van der Waals surface area (Å²) in [5.74, 6) is 0.902. The first-order chi connectivity index (χ1) is 8.79. The average molecular weight is 263 g/mol. The summed E-state index contributed by atoms with van der Waals surface area (Å²) in [7, 11) is 1.69.